The minimum Gasteiger partial charge on any atom is -0.318 e. The molecule has 1 aromatic rings. The fraction of sp³-hybridized carbons (Fsp3) is 0.588. The van der Waals surface area contributed by atoms with Crippen LogP contribution in [0.3, 0.4) is 0 Å². The maximum Gasteiger partial charge on any atom is 0.322 e. The first kappa shape index (κ1) is 13.4. The minimum absolute atomic E-state index is 0.0674. The van der Waals surface area contributed by atoms with Crippen LogP contribution in [0.5, 0.6) is 0 Å². The maximum absolute atomic E-state index is 12.4. The smallest absolute Gasteiger partial charge is 0.318 e. The number of halogens is 1. The van der Waals surface area contributed by atoms with Gasteiger partial charge in [0.15, 0.2) is 0 Å². The molecule has 2 unspecified atom stereocenters. The summed E-state index contributed by atoms with van der Waals surface area (Å²) < 4.78 is 0. The predicted octanol–water partition coefficient (Wildman–Crippen LogP) is 4.77. The fourth-order valence-electron chi connectivity index (χ4n) is 3.98. The average molecular weight is 305 g/mol. The lowest BCUT2D eigenvalue weighted by Crippen LogP contribution is -2.62. The highest BCUT2D eigenvalue weighted by Crippen LogP contribution is 2.41. The first-order chi connectivity index (χ1) is 10.2. The van der Waals surface area contributed by atoms with E-state index in [0.29, 0.717) is 18.0 Å². The van der Waals surface area contributed by atoms with E-state index in [9.17, 15) is 4.79 Å². The number of carbonyl (C=O) groups excluding carboxylic acids is 1. The number of rotatable bonds is 2. The number of anilines is 1. The van der Waals surface area contributed by atoms with Crippen LogP contribution in [0.1, 0.15) is 56.4 Å². The Morgan fingerprint density at radius 1 is 1.14 bits per heavy atom. The van der Waals surface area contributed by atoms with Gasteiger partial charge in [0, 0.05) is 22.8 Å². The third-order valence-corrected chi connectivity index (χ3v) is 5.78. The van der Waals surface area contributed by atoms with Gasteiger partial charge in [-0.25, -0.2) is 4.79 Å². The van der Waals surface area contributed by atoms with Gasteiger partial charge in [-0.05, 0) is 68.2 Å². The summed E-state index contributed by atoms with van der Waals surface area (Å²) in [5, 5.41) is 3.90. The van der Waals surface area contributed by atoms with Crippen molar-refractivity contribution in [1.29, 1.82) is 0 Å². The van der Waals surface area contributed by atoms with Crippen molar-refractivity contribution in [3.05, 3.63) is 28.8 Å². The SMILES string of the molecule is O=C(Nc1ccc(Cl)c(C2CCC2)c1)N1C2CCCC1C2. The lowest BCUT2D eigenvalue weighted by Gasteiger charge is -2.52. The zero-order chi connectivity index (χ0) is 14.4. The summed E-state index contributed by atoms with van der Waals surface area (Å²) in [6, 6.07) is 6.92. The van der Waals surface area contributed by atoms with Crippen molar-refractivity contribution < 1.29 is 4.79 Å². The molecule has 1 N–H and O–H groups in total. The van der Waals surface area contributed by atoms with Crippen LogP contribution in [0.25, 0.3) is 0 Å². The Morgan fingerprint density at radius 2 is 1.86 bits per heavy atom. The number of nitrogens with one attached hydrogen (secondary N) is 1. The molecule has 3 aliphatic rings. The Morgan fingerprint density at radius 3 is 2.48 bits per heavy atom. The van der Waals surface area contributed by atoms with Gasteiger partial charge in [0.25, 0.3) is 0 Å². The van der Waals surface area contributed by atoms with E-state index in [0.717, 1.165) is 23.6 Å². The Balaban J connectivity index is 1.48. The number of benzene rings is 1. The van der Waals surface area contributed by atoms with E-state index < -0.39 is 0 Å². The summed E-state index contributed by atoms with van der Waals surface area (Å²) in [5.74, 6) is 0.581. The molecule has 0 aromatic heterocycles. The molecule has 4 heteroatoms. The van der Waals surface area contributed by atoms with Gasteiger partial charge in [0.05, 0.1) is 0 Å². The molecule has 112 valence electrons. The van der Waals surface area contributed by atoms with Crippen molar-refractivity contribution in [3.8, 4) is 0 Å². The average Bonchev–Trinajstić information content (AvgIpc) is 2.41. The van der Waals surface area contributed by atoms with E-state index in [1.165, 1.54) is 37.7 Å². The summed E-state index contributed by atoms with van der Waals surface area (Å²) in [6.07, 6.45) is 8.51. The van der Waals surface area contributed by atoms with Gasteiger partial charge < -0.3 is 10.2 Å². The molecule has 3 nitrogen and oxygen atoms in total. The van der Waals surface area contributed by atoms with Crippen molar-refractivity contribution in [3.63, 3.8) is 0 Å². The van der Waals surface area contributed by atoms with E-state index in [-0.39, 0.29) is 6.03 Å². The Kier molecular flexibility index (Phi) is 3.33. The van der Waals surface area contributed by atoms with E-state index in [4.69, 9.17) is 11.6 Å². The van der Waals surface area contributed by atoms with Crippen molar-refractivity contribution in [2.24, 2.45) is 0 Å². The molecule has 2 saturated heterocycles. The molecule has 2 aliphatic heterocycles. The molecular weight excluding hydrogens is 284 g/mol. The van der Waals surface area contributed by atoms with Gasteiger partial charge in [0.2, 0.25) is 0 Å². The number of hydrogen-bond donors (Lipinski definition) is 1. The van der Waals surface area contributed by atoms with Gasteiger partial charge >= 0.3 is 6.03 Å². The molecule has 0 radical (unpaired) electrons. The van der Waals surface area contributed by atoms with Gasteiger partial charge in [-0.3, -0.25) is 0 Å². The van der Waals surface area contributed by atoms with Crippen LogP contribution in [-0.2, 0) is 0 Å². The molecule has 1 saturated carbocycles. The highest BCUT2D eigenvalue weighted by atomic mass is 35.5. The van der Waals surface area contributed by atoms with Crippen LogP contribution in [0.4, 0.5) is 10.5 Å². The number of piperidine rings is 1. The summed E-state index contributed by atoms with van der Waals surface area (Å²) in [7, 11) is 0. The Labute approximate surface area is 130 Å². The summed E-state index contributed by atoms with van der Waals surface area (Å²) in [4.78, 5) is 14.5. The van der Waals surface area contributed by atoms with Crippen molar-refractivity contribution in [1.82, 2.24) is 4.90 Å². The molecular formula is C17H21ClN2O. The third-order valence-electron chi connectivity index (χ3n) is 5.43. The molecule has 1 aliphatic carbocycles. The molecule has 2 atom stereocenters. The van der Waals surface area contributed by atoms with Crippen LogP contribution >= 0.6 is 11.6 Å². The van der Waals surface area contributed by atoms with Gasteiger partial charge in [-0.1, -0.05) is 18.0 Å². The zero-order valence-corrected chi connectivity index (χ0v) is 12.9. The number of carbonyl (C=O) groups is 1. The molecule has 2 bridgehead atoms. The fourth-order valence-corrected chi connectivity index (χ4v) is 4.25. The van der Waals surface area contributed by atoms with E-state index in [1.54, 1.807) is 0 Å². The van der Waals surface area contributed by atoms with Crippen molar-refractivity contribution in [2.75, 3.05) is 5.32 Å². The highest BCUT2D eigenvalue weighted by molar-refractivity contribution is 6.31. The van der Waals surface area contributed by atoms with Gasteiger partial charge in [-0.15, -0.1) is 0 Å². The molecule has 4 rings (SSSR count). The molecule has 2 heterocycles. The standard InChI is InChI=1S/C17H21ClN2O/c18-16-8-7-12(9-15(16)11-3-1-4-11)19-17(21)20-13-5-2-6-14(20)10-13/h7-9,11,13-14H,1-6,10H2,(H,19,21). The second-order valence-corrected chi connectivity index (χ2v) is 7.08. The number of nitrogens with zero attached hydrogens (tertiary/aromatic N) is 1. The zero-order valence-electron chi connectivity index (χ0n) is 12.1. The monoisotopic (exact) mass is 304 g/mol. The second kappa shape index (κ2) is 5.20. The lowest BCUT2D eigenvalue weighted by atomic mass is 9.80. The van der Waals surface area contributed by atoms with E-state index in [1.807, 2.05) is 17.0 Å². The molecule has 3 fully saturated rings. The maximum atomic E-state index is 12.4. The summed E-state index contributed by atoms with van der Waals surface area (Å²) >= 11 is 6.30. The largest absolute Gasteiger partial charge is 0.322 e. The topological polar surface area (TPSA) is 32.3 Å². The van der Waals surface area contributed by atoms with Crippen LogP contribution in [0.15, 0.2) is 18.2 Å². The quantitative estimate of drug-likeness (QED) is 0.839. The summed E-state index contributed by atoms with van der Waals surface area (Å²) in [5.41, 5.74) is 2.08. The Bertz CT molecular complexity index is 556. The molecule has 2 amide bonds. The lowest BCUT2D eigenvalue weighted by molar-refractivity contribution is 0.0173. The Hall–Kier alpha value is -1.22. The first-order valence-corrected chi connectivity index (χ1v) is 8.49. The van der Waals surface area contributed by atoms with E-state index in [2.05, 4.69) is 11.4 Å². The van der Waals surface area contributed by atoms with Crippen LogP contribution < -0.4 is 5.32 Å². The minimum atomic E-state index is 0.0674. The van der Waals surface area contributed by atoms with Crippen LogP contribution in [0.2, 0.25) is 5.02 Å². The highest BCUT2D eigenvalue weighted by Gasteiger charge is 2.44. The third kappa shape index (κ3) is 2.32. The van der Waals surface area contributed by atoms with Gasteiger partial charge in [0.1, 0.15) is 0 Å². The second-order valence-electron chi connectivity index (χ2n) is 6.68. The molecule has 1 aromatic carbocycles. The number of hydrogen-bond acceptors (Lipinski definition) is 1. The molecule has 0 spiro atoms. The van der Waals surface area contributed by atoms with Crippen LogP contribution in [-0.4, -0.2) is 23.0 Å². The predicted molar refractivity (Wildman–Crippen MR) is 84.9 cm³/mol. The summed E-state index contributed by atoms with van der Waals surface area (Å²) in [6.45, 7) is 0. The molecule has 21 heavy (non-hydrogen) atoms. The number of amides is 2. The first-order valence-electron chi connectivity index (χ1n) is 8.11. The van der Waals surface area contributed by atoms with Crippen molar-refractivity contribution >= 4 is 23.3 Å². The van der Waals surface area contributed by atoms with Gasteiger partial charge in [-0.2, -0.15) is 0 Å². The normalized spacial score (nSPS) is 27.8. The number of urea groups is 1. The van der Waals surface area contributed by atoms with Crippen LogP contribution in [0, 0.1) is 0 Å². The van der Waals surface area contributed by atoms with E-state index >= 15 is 0 Å². The van der Waals surface area contributed by atoms with Crippen molar-refractivity contribution in [2.45, 2.75) is 62.9 Å². The number of fused-ring (bicyclic) bond motifs is 2.